The Labute approximate surface area is 188 Å². The van der Waals surface area contributed by atoms with Crippen molar-refractivity contribution < 1.29 is 19.4 Å². The summed E-state index contributed by atoms with van der Waals surface area (Å²) in [7, 11) is 0. The molecule has 0 spiro atoms. The van der Waals surface area contributed by atoms with Crippen LogP contribution in [0.1, 0.15) is 55.8 Å². The van der Waals surface area contributed by atoms with E-state index in [2.05, 4.69) is 6.92 Å². The van der Waals surface area contributed by atoms with Crippen molar-refractivity contribution in [3.8, 4) is 5.75 Å². The van der Waals surface area contributed by atoms with E-state index < -0.39 is 17.7 Å². The number of halogens is 1. The van der Waals surface area contributed by atoms with Crippen LogP contribution in [0.2, 0.25) is 5.02 Å². The minimum Gasteiger partial charge on any atom is -0.507 e. The van der Waals surface area contributed by atoms with Gasteiger partial charge in [0, 0.05) is 12.1 Å². The van der Waals surface area contributed by atoms with E-state index >= 15 is 0 Å². The molecule has 1 N–H and O–H groups in total. The average Bonchev–Trinajstić information content (AvgIpc) is 3.00. The molecular formula is C25H28ClNO4. The van der Waals surface area contributed by atoms with E-state index in [0.717, 1.165) is 30.4 Å². The number of ether oxygens (including phenoxy) is 1. The highest BCUT2D eigenvalue weighted by molar-refractivity contribution is 6.47. The Morgan fingerprint density at radius 1 is 1.13 bits per heavy atom. The van der Waals surface area contributed by atoms with Gasteiger partial charge in [0.2, 0.25) is 0 Å². The molecule has 1 atom stereocenters. The number of amides is 1. The van der Waals surface area contributed by atoms with Gasteiger partial charge in [-0.3, -0.25) is 9.59 Å². The fraction of sp³-hybridized carbons (Fsp3) is 0.360. The Hall–Kier alpha value is -2.79. The lowest BCUT2D eigenvalue weighted by atomic mass is 9.94. The third-order valence-corrected chi connectivity index (χ3v) is 5.73. The summed E-state index contributed by atoms with van der Waals surface area (Å²) in [5.41, 5.74) is 2.13. The van der Waals surface area contributed by atoms with E-state index in [1.165, 1.54) is 0 Å². The first-order valence-corrected chi connectivity index (χ1v) is 11.0. The molecule has 0 aromatic heterocycles. The fourth-order valence-corrected chi connectivity index (χ4v) is 4.12. The molecule has 0 radical (unpaired) electrons. The number of aryl methyl sites for hydroxylation is 1. The number of nitrogens with zero attached hydrogens (tertiary/aromatic N) is 1. The fourth-order valence-electron chi connectivity index (χ4n) is 3.92. The molecule has 1 aliphatic rings. The van der Waals surface area contributed by atoms with Gasteiger partial charge in [0.05, 0.1) is 23.2 Å². The van der Waals surface area contributed by atoms with Crippen molar-refractivity contribution in [2.24, 2.45) is 0 Å². The van der Waals surface area contributed by atoms with Crippen molar-refractivity contribution in [2.75, 3.05) is 13.2 Å². The standard InChI is InChI=1S/C25H28ClNO4/c1-4-6-7-13-27-22(17-10-8-9-16(3)14-17)21(24(29)25(27)30)23(28)19-15-18(31-5-2)11-12-20(19)26/h8-12,14-15,22,28H,4-7,13H2,1-3H3/b23-21+. The number of benzene rings is 2. The van der Waals surface area contributed by atoms with E-state index in [0.29, 0.717) is 18.9 Å². The van der Waals surface area contributed by atoms with Crippen molar-refractivity contribution in [3.05, 3.63) is 69.8 Å². The monoisotopic (exact) mass is 441 g/mol. The SMILES string of the molecule is CCCCCN1C(=O)C(=O)/C(=C(/O)c2cc(OCC)ccc2Cl)C1c1cccc(C)c1. The molecule has 6 heteroatoms. The molecule has 3 rings (SSSR count). The van der Waals surface area contributed by atoms with Gasteiger partial charge < -0.3 is 14.7 Å². The zero-order valence-corrected chi connectivity index (χ0v) is 18.9. The summed E-state index contributed by atoms with van der Waals surface area (Å²) in [5, 5.41) is 11.5. The molecular weight excluding hydrogens is 414 g/mol. The summed E-state index contributed by atoms with van der Waals surface area (Å²) in [5.74, 6) is -1.05. The van der Waals surface area contributed by atoms with E-state index in [9.17, 15) is 14.7 Å². The Balaban J connectivity index is 2.16. The molecule has 0 aliphatic carbocycles. The number of ketones is 1. The first-order valence-electron chi connectivity index (χ1n) is 10.7. The van der Waals surface area contributed by atoms with Crippen molar-refractivity contribution in [3.63, 3.8) is 0 Å². The van der Waals surface area contributed by atoms with Crippen molar-refractivity contribution in [2.45, 2.75) is 46.1 Å². The third-order valence-electron chi connectivity index (χ3n) is 5.40. The third kappa shape index (κ3) is 4.77. The molecule has 1 unspecified atom stereocenters. The minimum atomic E-state index is -0.696. The van der Waals surface area contributed by atoms with Crippen LogP contribution in [0.15, 0.2) is 48.0 Å². The van der Waals surface area contributed by atoms with Crippen LogP contribution in [0.25, 0.3) is 5.76 Å². The van der Waals surface area contributed by atoms with Crippen molar-refractivity contribution in [1.29, 1.82) is 0 Å². The number of aliphatic hydroxyl groups excluding tert-OH is 1. The van der Waals surface area contributed by atoms with E-state index in [4.69, 9.17) is 16.3 Å². The number of rotatable bonds is 8. The minimum absolute atomic E-state index is 0.0580. The molecule has 5 nitrogen and oxygen atoms in total. The molecule has 1 amide bonds. The lowest BCUT2D eigenvalue weighted by molar-refractivity contribution is -0.139. The lowest BCUT2D eigenvalue weighted by Gasteiger charge is -2.25. The maximum Gasteiger partial charge on any atom is 0.295 e. The van der Waals surface area contributed by atoms with Crippen LogP contribution in [-0.4, -0.2) is 34.8 Å². The maximum absolute atomic E-state index is 13.1. The predicted octanol–water partition coefficient (Wildman–Crippen LogP) is 5.66. The summed E-state index contributed by atoms with van der Waals surface area (Å²) in [6.07, 6.45) is 2.73. The topological polar surface area (TPSA) is 66.8 Å². The zero-order valence-electron chi connectivity index (χ0n) is 18.2. The smallest absolute Gasteiger partial charge is 0.295 e. The molecule has 1 saturated heterocycles. The molecule has 1 aliphatic heterocycles. The van der Waals surface area contributed by atoms with Crippen molar-refractivity contribution in [1.82, 2.24) is 4.90 Å². The second-order valence-corrected chi connectivity index (χ2v) is 8.10. The highest BCUT2D eigenvalue weighted by Crippen LogP contribution is 2.41. The summed E-state index contributed by atoms with van der Waals surface area (Å²) >= 11 is 6.35. The van der Waals surface area contributed by atoms with Gasteiger partial charge in [-0.1, -0.05) is 61.2 Å². The highest BCUT2D eigenvalue weighted by atomic mass is 35.5. The molecule has 2 aromatic rings. The van der Waals surface area contributed by atoms with Gasteiger partial charge in [-0.2, -0.15) is 0 Å². The van der Waals surface area contributed by atoms with Crippen LogP contribution in [0.4, 0.5) is 0 Å². The van der Waals surface area contributed by atoms with Gasteiger partial charge in [-0.25, -0.2) is 0 Å². The van der Waals surface area contributed by atoms with Crippen LogP contribution in [0.5, 0.6) is 5.75 Å². The normalized spacial score (nSPS) is 17.9. The Bertz CT molecular complexity index is 1010. The number of hydrogen-bond acceptors (Lipinski definition) is 4. The van der Waals surface area contributed by atoms with E-state index in [1.807, 2.05) is 38.1 Å². The van der Waals surface area contributed by atoms with Crippen molar-refractivity contribution >= 4 is 29.1 Å². The average molecular weight is 442 g/mol. The van der Waals surface area contributed by atoms with Crippen LogP contribution < -0.4 is 4.74 Å². The molecule has 1 heterocycles. The Morgan fingerprint density at radius 2 is 1.90 bits per heavy atom. The summed E-state index contributed by atoms with van der Waals surface area (Å²) in [4.78, 5) is 27.6. The summed E-state index contributed by atoms with van der Waals surface area (Å²) in [6, 6.07) is 11.9. The molecule has 1 fully saturated rings. The van der Waals surface area contributed by atoms with Gasteiger partial charge in [0.1, 0.15) is 11.5 Å². The van der Waals surface area contributed by atoms with Gasteiger partial charge in [-0.05, 0) is 44.0 Å². The lowest BCUT2D eigenvalue weighted by Crippen LogP contribution is -2.30. The van der Waals surface area contributed by atoms with E-state index in [1.54, 1.807) is 23.1 Å². The highest BCUT2D eigenvalue weighted by Gasteiger charge is 2.46. The summed E-state index contributed by atoms with van der Waals surface area (Å²) in [6.45, 7) is 6.79. The Morgan fingerprint density at radius 3 is 2.58 bits per heavy atom. The van der Waals surface area contributed by atoms with Gasteiger partial charge in [0.25, 0.3) is 11.7 Å². The quantitative estimate of drug-likeness (QED) is 0.248. The Kier molecular flexibility index (Phi) is 7.39. The van der Waals surface area contributed by atoms with Crippen LogP contribution >= 0.6 is 11.6 Å². The number of likely N-dealkylation sites (tertiary alicyclic amines) is 1. The number of hydrogen-bond donors (Lipinski definition) is 1. The number of aliphatic hydroxyl groups is 1. The van der Waals surface area contributed by atoms with Gasteiger partial charge >= 0.3 is 0 Å². The number of carbonyl (C=O) groups excluding carboxylic acids is 2. The second-order valence-electron chi connectivity index (χ2n) is 7.69. The molecule has 31 heavy (non-hydrogen) atoms. The van der Waals surface area contributed by atoms with Gasteiger partial charge in [-0.15, -0.1) is 0 Å². The summed E-state index contributed by atoms with van der Waals surface area (Å²) < 4.78 is 5.52. The van der Waals surface area contributed by atoms with E-state index in [-0.39, 0.29) is 21.9 Å². The first kappa shape index (κ1) is 22.9. The molecule has 2 aromatic carbocycles. The molecule has 164 valence electrons. The number of carbonyl (C=O) groups is 2. The van der Waals surface area contributed by atoms with Crippen LogP contribution in [0.3, 0.4) is 0 Å². The number of unbranched alkanes of at least 4 members (excludes halogenated alkanes) is 2. The van der Waals surface area contributed by atoms with Gasteiger partial charge in [0.15, 0.2) is 0 Å². The molecule has 0 saturated carbocycles. The largest absolute Gasteiger partial charge is 0.507 e. The maximum atomic E-state index is 13.1. The van der Waals surface area contributed by atoms with Crippen LogP contribution in [-0.2, 0) is 9.59 Å². The second kappa shape index (κ2) is 10.0. The zero-order chi connectivity index (χ0) is 22.5. The first-order chi connectivity index (χ1) is 14.9. The number of Topliss-reactive ketones (excluding diaryl/α,β-unsaturated/α-hetero) is 1. The van der Waals surface area contributed by atoms with Crippen LogP contribution in [0, 0.1) is 6.92 Å². The molecule has 0 bridgehead atoms. The predicted molar refractivity (Wildman–Crippen MR) is 122 cm³/mol.